The lowest BCUT2D eigenvalue weighted by Crippen LogP contribution is -2.41. The first-order valence-electron chi connectivity index (χ1n) is 7.52. The van der Waals surface area contributed by atoms with Gasteiger partial charge in [-0.3, -0.25) is 4.79 Å². The molecule has 120 valence electrons. The molecule has 0 bridgehead atoms. The summed E-state index contributed by atoms with van der Waals surface area (Å²) in [6.07, 6.45) is 2.32. The smallest absolute Gasteiger partial charge is 0.328 e. The van der Waals surface area contributed by atoms with Crippen LogP contribution in [0.5, 0.6) is 0 Å². The van der Waals surface area contributed by atoms with E-state index in [4.69, 9.17) is 4.74 Å². The van der Waals surface area contributed by atoms with Gasteiger partial charge >= 0.3 is 5.97 Å². The van der Waals surface area contributed by atoms with E-state index in [1.54, 1.807) is 6.07 Å². The van der Waals surface area contributed by atoms with Crippen molar-refractivity contribution in [3.8, 4) is 0 Å². The van der Waals surface area contributed by atoms with Crippen molar-refractivity contribution in [3.05, 3.63) is 59.7 Å². The largest absolute Gasteiger partial charge is 0.467 e. The van der Waals surface area contributed by atoms with Gasteiger partial charge in [0.25, 0.3) is 5.91 Å². The van der Waals surface area contributed by atoms with Gasteiger partial charge in [-0.05, 0) is 43.2 Å². The van der Waals surface area contributed by atoms with Gasteiger partial charge in [0, 0.05) is 5.56 Å². The number of methoxy groups -OCH3 is 1. The molecule has 0 spiro atoms. The molecule has 0 aromatic heterocycles. The van der Waals surface area contributed by atoms with Gasteiger partial charge < -0.3 is 10.1 Å². The molecule has 23 heavy (non-hydrogen) atoms. The fourth-order valence-corrected chi connectivity index (χ4v) is 2.28. The van der Waals surface area contributed by atoms with Crippen LogP contribution in [0, 0.1) is 0 Å². The minimum atomic E-state index is -0.686. The van der Waals surface area contributed by atoms with E-state index in [1.165, 1.54) is 7.11 Å². The maximum Gasteiger partial charge on any atom is 0.328 e. The molecule has 0 saturated heterocycles. The van der Waals surface area contributed by atoms with E-state index >= 15 is 0 Å². The van der Waals surface area contributed by atoms with Crippen molar-refractivity contribution in [3.63, 3.8) is 0 Å². The average molecular weight is 311 g/mol. The first-order valence-corrected chi connectivity index (χ1v) is 7.52. The van der Waals surface area contributed by atoms with Crippen LogP contribution in [0.25, 0.3) is 10.8 Å². The van der Waals surface area contributed by atoms with Gasteiger partial charge in [0.2, 0.25) is 0 Å². The topological polar surface area (TPSA) is 55.4 Å². The number of benzene rings is 2. The second-order valence-corrected chi connectivity index (χ2v) is 5.63. The Balaban J connectivity index is 2.18. The Bertz CT molecular complexity index is 745. The van der Waals surface area contributed by atoms with Gasteiger partial charge in [0.1, 0.15) is 6.04 Å². The summed E-state index contributed by atoms with van der Waals surface area (Å²) in [7, 11) is 1.32. The lowest BCUT2D eigenvalue weighted by Gasteiger charge is -2.15. The molecular weight excluding hydrogens is 290 g/mol. The van der Waals surface area contributed by atoms with Crippen molar-refractivity contribution < 1.29 is 14.3 Å². The second-order valence-electron chi connectivity index (χ2n) is 5.63. The maximum absolute atomic E-state index is 12.4. The summed E-state index contributed by atoms with van der Waals surface area (Å²) in [4.78, 5) is 24.3. The number of rotatable bonds is 5. The van der Waals surface area contributed by atoms with Crippen LogP contribution in [0.2, 0.25) is 0 Å². The minimum absolute atomic E-state index is 0.284. The number of fused-ring (bicyclic) bond motifs is 1. The normalized spacial score (nSPS) is 11.6. The summed E-state index contributed by atoms with van der Waals surface area (Å²) >= 11 is 0. The number of amides is 1. The highest BCUT2D eigenvalue weighted by atomic mass is 16.5. The Labute approximate surface area is 136 Å². The number of esters is 1. The third-order valence-corrected chi connectivity index (χ3v) is 3.56. The second kappa shape index (κ2) is 7.58. The molecule has 1 N–H and O–H groups in total. The zero-order valence-electron chi connectivity index (χ0n) is 13.6. The van der Waals surface area contributed by atoms with Crippen LogP contribution < -0.4 is 5.32 Å². The Morgan fingerprint density at radius 1 is 1.13 bits per heavy atom. The summed E-state index contributed by atoms with van der Waals surface area (Å²) in [5.74, 6) is -0.732. The van der Waals surface area contributed by atoms with Crippen LogP contribution in [0.3, 0.4) is 0 Å². The molecule has 4 heteroatoms. The molecule has 0 radical (unpaired) electrons. The van der Waals surface area contributed by atoms with Gasteiger partial charge in [-0.25, -0.2) is 4.79 Å². The predicted octanol–water partition coefficient (Wildman–Crippen LogP) is 3.47. The molecule has 0 aliphatic heterocycles. The molecule has 0 aliphatic carbocycles. The van der Waals surface area contributed by atoms with Crippen molar-refractivity contribution in [2.45, 2.75) is 26.3 Å². The summed E-state index contributed by atoms with van der Waals surface area (Å²) in [5, 5.41) is 4.80. The van der Waals surface area contributed by atoms with Crippen LogP contribution in [0.1, 0.15) is 30.6 Å². The maximum atomic E-state index is 12.4. The molecule has 0 aliphatic rings. The van der Waals surface area contributed by atoms with E-state index in [-0.39, 0.29) is 5.91 Å². The zero-order valence-corrected chi connectivity index (χ0v) is 13.6. The van der Waals surface area contributed by atoms with E-state index in [0.29, 0.717) is 12.0 Å². The van der Waals surface area contributed by atoms with Crippen LogP contribution in [0.4, 0.5) is 0 Å². The molecular formula is C19H21NO3. The van der Waals surface area contributed by atoms with Crippen molar-refractivity contribution in [2.24, 2.45) is 0 Å². The van der Waals surface area contributed by atoms with E-state index in [9.17, 15) is 9.59 Å². The molecule has 0 saturated carbocycles. The van der Waals surface area contributed by atoms with Crippen LogP contribution in [-0.2, 0) is 9.53 Å². The molecule has 0 unspecified atom stereocenters. The predicted molar refractivity (Wildman–Crippen MR) is 91.3 cm³/mol. The van der Waals surface area contributed by atoms with E-state index < -0.39 is 12.0 Å². The third-order valence-electron chi connectivity index (χ3n) is 3.56. The van der Waals surface area contributed by atoms with E-state index in [1.807, 2.05) is 56.3 Å². The number of carbonyl (C=O) groups is 2. The van der Waals surface area contributed by atoms with Crippen molar-refractivity contribution in [1.82, 2.24) is 5.32 Å². The van der Waals surface area contributed by atoms with Gasteiger partial charge in [0.05, 0.1) is 7.11 Å². The van der Waals surface area contributed by atoms with Crippen LogP contribution >= 0.6 is 0 Å². The van der Waals surface area contributed by atoms with Gasteiger partial charge in [-0.1, -0.05) is 42.0 Å². The standard InChI is InChI=1S/C19H21NO3/c1-13(2)8-11-17(19(22)23-3)20-18(21)16-10-9-14-6-4-5-7-15(14)12-16/h4-10,12,17H,11H2,1-3H3,(H,20,21)/t17-/m1/s1. The number of hydrogen-bond acceptors (Lipinski definition) is 3. The Morgan fingerprint density at radius 3 is 2.48 bits per heavy atom. The summed E-state index contributed by atoms with van der Waals surface area (Å²) in [6.45, 7) is 3.89. The number of nitrogens with one attached hydrogen (secondary N) is 1. The monoisotopic (exact) mass is 311 g/mol. The summed E-state index contributed by atoms with van der Waals surface area (Å²) < 4.78 is 4.77. The zero-order chi connectivity index (χ0) is 16.8. The Morgan fingerprint density at radius 2 is 1.83 bits per heavy atom. The molecule has 4 nitrogen and oxygen atoms in total. The lowest BCUT2D eigenvalue weighted by atomic mass is 10.1. The molecule has 1 amide bonds. The van der Waals surface area contributed by atoms with Crippen LogP contribution in [0.15, 0.2) is 54.1 Å². The number of carbonyl (C=O) groups excluding carboxylic acids is 2. The molecule has 0 heterocycles. The Kier molecular flexibility index (Phi) is 5.52. The fourth-order valence-electron chi connectivity index (χ4n) is 2.28. The molecule has 1 atom stereocenters. The van der Waals surface area contributed by atoms with Crippen LogP contribution in [-0.4, -0.2) is 25.0 Å². The van der Waals surface area contributed by atoms with E-state index in [0.717, 1.165) is 16.3 Å². The Hall–Kier alpha value is -2.62. The van der Waals surface area contributed by atoms with E-state index in [2.05, 4.69) is 5.32 Å². The van der Waals surface area contributed by atoms with Gasteiger partial charge in [-0.2, -0.15) is 0 Å². The molecule has 2 aromatic rings. The van der Waals surface area contributed by atoms with Crippen molar-refractivity contribution in [2.75, 3.05) is 7.11 Å². The summed E-state index contributed by atoms with van der Waals surface area (Å²) in [5.41, 5.74) is 1.61. The van der Waals surface area contributed by atoms with Crippen molar-refractivity contribution in [1.29, 1.82) is 0 Å². The first-order chi connectivity index (χ1) is 11.0. The van der Waals surface area contributed by atoms with Gasteiger partial charge in [-0.15, -0.1) is 0 Å². The number of ether oxygens (including phenoxy) is 1. The molecule has 2 rings (SSSR count). The summed E-state index contributed by atoms with van der Waals surface area (Å²) in [6, 6.07) is 12.6. The van der Waals surface area contributed by atoms with Gasteiger partial charge in [0.15, 0.2) is 0 Å². The third kappa shape index (κ3) is 4.42. The first kappa shape index (κ1) is 16.7. The average Bonchev–Trinajstić information content (AvgIpc) is 2.57. The quantitative estimate of drug-likeness (QED) is 0.679. The highest BCUT2D eigenvalue weighted by Crippen LogP contribution is 2.16. The molecule has 0 fully saturated rings. The molecule has 2 aromatic carbocycles. The van der Waals surface area contributed by atoms with Crippen molar-refractivity contribution >= 4 is 22.6 Å². The number of hydrogen-bond donors (Lipinski definition) is 1. The SMILES string of the molecule is COC(=O)[C@@H](CC=C(C)C)NC(=O)c1ccc2ccccc2c1. The highest BCUT2D eigenvalue weighted by molar-refractivity contribution is 6.00. The highest BCUT2D eigenvalue weighted by Gasteiger charge is 2.21. The lowest BCUT2D eigenvalue weighted by molar-refractivity contribution is -0.142. The minimum Gasteiger partial charge on any atom is -0.467 e. The number of allylic oxidation sites excluding steroid dienone is 1. The fraction of sp³-hybridized carbons (Fsp3) is 0.263.